The summed E-state index contributed by atoms with van der Waals surface area (Å²) in [5.74, 6) is 0. The van der Waals surface area contributed by atoms with Gasteiger partial charge in [-0.2, -0.15) is 5.10 Å². The van der Waals surface area contributed by atoms with Crippen molar-refractivity contribution in [1.82, 2.24) is 9.78 Å². The third-order valence-corrected chi connectivity index (χ3v) is 2.37. The van der Waals surface area contributed by atoms with Gasteiger partial charge in [-0.1, -0.05) is 0 Å². The van der Waals surface area contributed by atoms with Crippen LogP contribution in [0.1, 0.15) is 5.56 Å². The smallest absolute Gasteiger partial charge is 0.268 e. The molecule has 8 heteroatoms. The Morgan fingerprint density at radius 3 is 2.56 bits per heavy atom. The van der Waals surface area contributed by atoms with Crippen LogP contribution in [0.5, 0.6) is 0 Å². The Morgan fingerprint density at radius 2 is 2.00 bits per heavy atom. The second kappa shape index (κ2) is 4.62. The molecule has 0 radical (unpaired) electrons. The van der Waals surface area contributed by atoms with E-state index in [0.29, 0.717) is 5.56 Å². The van der Waals surface area contributed by atoms with E-state index in [-0.39, 0.29) is 17.9 Å². The minimum atomic E-state index is -0.662. The summed E-state index contributed by atoms with van der Waals surface area (Å²) < 4.78 is 1.51. The standard InChI is InChI=1S/C10H8N4O4/c15-13(16)9-3-2-8(10(6-9)14(17)18)7-12-5-1-4-11-12/h1-6H,7H2. The summed E-state index contributed by atoms with van der Waals surface area (Å²) in [6, 6.07) is 5.26. The highest BCUT2D eigenvalue weighted by Gasteiger charge is 2.19. The van der Waals surface area contributed by atoms with Gasteiger partial charge in [0.05, 0.1) is 28.0 Å². The Kier molecular flexibility index (Phi) is 3.00. The van der Waals surface area contributed by atoms with Gasteiger partial charge >= 0.3 is 0 Å². The molecular weight excluding hydrogens is 240 g/mol. The van der Waals surface area contributed by atoms with Crippen LogP contribution < -0.4 is 0 Å². The predicted octanol–water partition coefficient (Wildman–Crippen LogP) is 1.75. The molecule has 0 amide bonds. The van der Waals surface area contributed by atoms with E-state index in [1.54, 1.807) is 18.5 Å². The maximum absolute atomic E-state index is 10.9. The van der Waals surface area contributed by atoms with Crippen LogP contribution in [0.25, 0.3) is 0 Å². The molecule has 0 N–H and O–H groups in total. The first-order valence-corrected chi connectivity index (χ1v) is 4.97. The van der Waals surface area contributed by atoms with Gasteiger partial charge in [0.2, 0.25) is 0 Å². The van der Waals surface area contributed by atoms with Gasteiger partial charge in [0.25, 0.3) is 11.4 Å². The lowest BCUT2D eigenvalue weighted by atomic mass is 10.1. The number of rotatable bonds is 4. The summed E-state index contributed by atoms with van der Waals surface area (Å²) in [5, 5.41) is 25.4. The molecule has 0 aliphatic rings. The number of benzene rings is 1. The summed E-state index contributed by atoms with van der Waals surface area (Å²) in [6.07, 6.45) is 3.21. The molecule has 92 valence electrons. The minimum absolute atomic E-state index is 0.196. The number of nitrogens with zero attached hydrogens (tertiary/aromatic N) is 4. The largest absolute Gasteiger partial charge is 0.281 e. The molecule has 0 aliphatic carbocycles. The zero-order chi connectivity index (χ0) is 13.1. The quantitative estimate of drug-likeness (QED) is 0.605. The highest BCUT2D eigenvalue weighted by Crippen LogP contribution is 2.25. The molecule has 8 nitrogen and oxygen atoms in total. The average molecular weight is 248 g/mol. The molecule has 2 rings (SSSR count). The predicted molar refractivity (Wildman–Crippen MR) is 61.1 cm³/mol. The Hall–Kier alpha value is -2.77. The number of nitro groups is 2. The van der Waals surface area contributed by atoms with Gasteiger partial charge < -0.3 is 0 Å². The first kappa shape index (κ1) is 11.7. The highest BCUT2D eigenvalue weighted by molar-refractivity contribution is 5.49. The molecule has 1 aromatic heterocycles. The molecule has 0 saturated heterocycles. The Morgan fingerprint density at radius 1 is 1.22 bits per heavy atom. The second-order valence-corrected chi connectivity index (χ2v) is 3.53. The number of nitro benzene ring substituents is 2. The molecule has 1 aromatic carbocycles. The first-order chi connectivity index (χ1) is 8.58. The average Bonchev–Trinajstić information content (AvgIpc) is 2.81. The summed E-state index contributed by atoms with van der Waals surface area (Å²) in [4.78, 5) is 20.2. The van der Waals surface area contributed by atoms with Gasteiger partial charge in [-0.3, -0.25) is 24.9 Å². The number of non-ortho nitro benzene ring substituents is 1. The van der Waals surface area contributed by atoms with Gasteiger partial charge in [-0.15, -0.1) is 0 Å². The summed E-state index contributed by atoms with van der Waals surface area (Å²) in [5.41, 5.74) is -0.208. The van der Waals surface area contributed by atoms with Crippen molar-refractivity contribution < 1.29 is 9.85 Å². The zero-order valence-electron chi connectivity index (χ0n) is 9.09. The lowest BCUT2D eigenvalue weighted by Crippen LogP contribution is -2.04. The van der Waals surface area contributed by atoms with Crippen LogP contribution in [-0.4, -0.2) is 19.6 Å². The van der Waals surface area contributed by atoms with Crippen LogP contribution >= 0.6 is 0 Å². The molecule has 0 spiro atoms. The molecule has 0 saturated carbocycles. The van der Waals surface area contributed by atoms with E-state index >= 15 is 0 Å². The monoisotopic (exact) mass is 248 g/mol. The van der Waals surface area contributed by atoms with E-state index in [2.05, 4.69) is 5.10 Å². The molecular formula is C10H8N4O4. The van der Waals surface area contributed by atoms with Gasteiger partial charge in [0.1, 0.15) is 0 Å². The van der Waals surface area contributed by atoms with Crippen LogP contribution in [0.15, 0.2) is 36.7 Å². The van der Waals surface area contributed by atoms with Gasteiger partial charge in [-0.05, 0) is 12.1 Å². The fourth-order valence-electron chi connectivity index (χ4n) is 1.54. The number of aromatic nitrogens is 2. The van der Waals surface area contributed by atoms with E-state index in [1.807, 2.05) is 0 Å². The van der Waals surface area contributed by atoms with Crippen molar-refractivity contribution in [3.8, 4) is 0 Å². The summed E-state index contributed by atoms with van der Waals surface area (Å²) in [6.45, 7) is 0.196. The second-order valence-electron chi connectivity index (χ2n) is 3.53. The Balaban J connectivity index is 2.40. The zero-order valence-corrected chi connectivity index (χ0v) is 9.09. The number of hydrogen-bond donors (Lipinski definition) is 0. The SMILES string of the molecule is O=[N+]([O-])c1ccc(Cn2cccn2)c([N+](=O)[O-])c1. The fourth-order valence-corrected chi connectivity index (χ4v) is 1.54. The van der Waals surface area contributed by atoms with Crippen LogP contribution in [0.2, 0.25) is 0 Å². The lowest BCUT2D eigenvalue weighted by molar-refractivity contribution is -0.394. The van der Waals surface area contributed by atoms with E-state index in [1.165, 1.54) is 16.8 Å². The Labute approximate surface area is 101 Å². The molecule has 1 heterocycles. The van der Waals surface area contributed by atoms with Crippen LogP contribution in [0.4, 0.5) is 11.4 Å². The van der Waals surface area contributed by atoms with Crippen molar-refractivity contribution in [2.24, 2.45) is 0 Å². The van der Waals surface area contributed by atoms with Crippen LogP contribution in [0.3, 0.4) is 0 Å². The van der Waals surface area contributed by atoms with E-state index in [0.717, 1.165) is 6.07 Å². The van der Waals surface area contributed by atoms with E-state index in [9.17, 15) is 20.2 Å². The van der Waals surface area contributed by atoms with Crippen LogP contribution in [-0.2, 0) is 6.54 Å². The maximum Gasteiger partial charge on any atom is 0.281 e. The van der Waals surface area contributed by atoms with Crippen molar-refractivity contribution in [3.05, 3.63) is 62.5 Å². The third kappa shape index (κ3) is 2.32. The normalized spacial score (nSPS) is 10.2. The van der Waals surface area contributed by atoms with Crippen molar-refractivity contribution >= 4 is 11.4 Å². The molecule has 0 atom stereocenters. The molecule has 0 bridgehead atoms. The van der Waals surface area contributed by atoms with Gasteiger partial charge in [-0.25, -0.2) is 0 Å². The Bertz CT molecular complexity index is 594. The summed E-state index contributed by atoms with van der Waals surface area (Å²) in [7, 11) is 0. The van der Waals surface area contributed by atoms with Gasteiger partial charge in [0.15, 0.2) is 0 Å². The third-order valence-electron chi connectivity index (χ3n) is 2.37. The van der Waals surface area contributed by atoms with Gasteiger partial charge in [0, 0.05) is 18.5 Å². The molecule has 0 unspecified atom stereocenters. The topological polar surface area (TPSA) is 104 Å². The lowest BCUT2D eigenvalue weighted by Gasteiger charge is -2.03. The van der Waals surface area contributed by atoms with Crippen molar-refractivity contribution in [2.45, 2.75) is 6.54 Å². The molecule has 2 aromatic rings. The maximum atomic E-state index is 10.9. The van der Waals surface area contributed by atoms with E-state index in [4.69, 9.17) is 0 Å². The van der Waals surface area contributed by atoms with Crippen LogP contribution in [0, 0.1) is 20.2 Å². The van der Waals surface area contributed by atoms with Crippen molar-refractivity contribution in [1.29, 1.82) is 0 Å². The summed E-state index contributed by atoms with van der Waals surface area (Å²) >= 11 is 0. The van der Waals surface area contributed by atoms with Crippen molar-refractivity contribution in [2.75, 3.05) is 0 Å². The van der Waals surface area contributed by atoms with E-state index < -0.39 is 9.85 Å². The fraction of sp³-hybridized carbons (Fsp3) is 0.100. The highest BCUT2D eigenvalue weighted by atomic mass is 16.6. The first-order valence-electron chi connectivity index (χ1n) is 4.97. The molecule has 0 aliphatic heterocycles. The molecule has 0 fully saturated rings. The van der Waals surface area contributed by atoms with Crippen molar-refractivity contribution in [3.63, 3.8) is 0 Å². The minimum Gasteiger partial charge on any atom is -0.268 e. The number of hydrogen-bond acceptors (Lipinski definition) is 5. The molecule has 18 heavy (non-hydrogen) atoms.